The van der Waals surface area contributed by atoms with E-state index in [-0.39, 0.29) is 16.8 Å². The molecular weight excluding hydrogens is 348 g/mol. The van der Waals surface area contributed by atoms with Gasteiger partial charge >= 0.3 is 0 Å². The number of nitrogens with zero attached hydrogens (tertiary/aromatic N) is 1. The van der Waals surface area contributed by atoms with Gasteiger partial charge in [-0.3, -0.25) is 9.10 Å². The highest BCUT2D eigenvalue weighted by molar-refractivity contribution is 7.92. The largest absolute Gasteiger partial charge is 0.349 e. The molecule has 0 bridgehead atoms. The zero-order valence-electron chi connectivity index (χ0n) is 15.1. The van der Waals surface area contributed by atoms with Crippen LogP contribution in [0.4, 0.5) is 5.69 Å². The van der Waals surface area contributed by atoms with E-state index in [1.54, 1.807) is 48.5 Å². The average Bonchev–Trinajstić information content (AvgIpc) is 3.14. The van der Waals surface area contributed by atoms with Crippen LogP contribution in [0.25, 0.3) is 0 Å². The van der Waals surface area contributed by atoms with Crippen molar-refractivity contribution in [3.63, 3.8) is 0 Å². The topological polar surface area (TPSA) is 66.5 Å². The number of aryl methyl sites for hydroxylation is 1. The first-order valence-corrected chi connectivity index (χ1v) is 10.3. The van der Waals surface area contributed by atoms with Crippen LogP contribution in [0.15, 0.2) is 53.4 Å². The molecule has 5 nitrogen and oxygen atoms in total. The minimum absolute atomic E-state index is 0.104. The summed E-state index contributed by atoms with van der Waals surface area (Å²) in [4.78, 5) is 12.5. The van der Waals surface area contributed by atoms with E-state index in [1.165, 1.54) is 11.4 Å². The Bertz CT molecular complexity index is 868. The lowest BCUT2D eigenvalue weighted by atomic mass is 10.1. The molecule has 1 aliphatic rings. The lowest BCUT2D eigenvalue weighted by Crippen LogP contribution is -2.32. The van der Waals surface area contributed by atoms with Gasteiger partial charge in [-0.05, 0) is 56.2 Å². The molecule has 0 unspecified atom stereocenters. The van der Waals surface area contributed by atoms with Crippen molar-refractivity contribution >= 4 is 21.6 Å². The van der Waals surface area contributed by atoms with Crippen molar-refractivity contribution in [3.8, 4) is 0 Å². The number of carbonyl (C=O) groups is 1. The first-order valence-electron chi connectivity index (χ1n) is 8.84. The number of sulfonamides is 1. The molecule has 0 radical (unpaired) electrons. The van der Waals surface area contributed by atoms with E-state index >= 15 is 0 Å². The average molecular weight is 372 g/mol. The van der Waals surface area contributed by atoms with Crippen LogP contribution in [-0.4, -0.2) is 27.4 Å². The Morgan fingerprint density at radius 1 is 1.00 bits per heavy atom. The number of hydrogen-bond donors (Lipinski definition) is 1. The monoisotopic (exact) mass is 372 g/mol. The molecule has 26 heavy (non-hydrogen) atoms. The van der Waals surface area contributed by atoms with E-state index in [2.05, 4.69) is 5.32 Å². The highest BCUT2D eigenvalue weighted by atomic mass is 32.2. The Morgan fingerprint density at radius 2 is 1.58 bits per heavy atom. The van der Waals surface area contributed by atoms with Gasteiger partial charge in [0.1, 0.15) is 0 Å². The standard InChI is InChI=1S/C20H24N2O3S/c1-15-7-13-19(14-8-15)26(24,25)22(2)18-11-9-16(10-12-18)20(23)21-17-5-3-4-6-17/h7-14,17H,3-6H2,1-2H3,(H,21,23). The molecule has 0 saturated heterocycles. The molecule has 1 aliphatic carbocycles. The maximum absolute atomic E-state index is 12.7. The van der Waals surface area contributed by atoms with Crippen LogP contribution in [0.1, 0.15) is 41.6 Å². The summed E-state index contributed by atoms with van der Waals surface area (Å²) in [6.07, 6.45) is 4.37. The quantitative estimate of drug-likeness (QED) is 0.874. The Morgan fingerprint density at radius 3 is 2.15 bits per heavy atom. The third-order valence-electron chi connectivity index (χ3n) is 4.86. The number of nitrogens with one attached hydrogen (secondary N) is 1. The Labute approximate surface area is 155 Å². The normalized spacial score (nSPS) is 15.0. The van der Waals surface area contributed by atoms with Crippen LogP contribution in [0.5, 0.6) is 0 Å². The molecule has 0 spiro atoms. The number of rotatable bonds is 5. The number of anilines is 1. The van der Waals surface area contributed by atoms with Crippen molar-refractivity contribution in [3.05, 3.63) is 59.7 Å². The van der Waals surface area contributed by atoms with Crippen molar-refractivity contribution in [2.24, 2.45) is 0 Å². The molecule has 0 heterocycles. The highest BCUT2D eigenvalue weighted by Gasteiger charge is 2.22. The van der Waals surface area contributed by atoms with Crippen molar-refractivity contribution in [1.82, 2.24) is 5.32 Å². The molecule has 138 valence electrons. The van der Waals surface area contributed by atoms with Crippen LogP contribution >= 0.6 is 0 Å². The molecule has 3 rings (SSSR count). The number of carbonyl (C=O) groups excluding carboxylic acids is 1. The second-order valence-corrected chi connectivity index (χ2v) is 8.76. The van der Waals surface area contributed by atoms with Crippen molar-refractivity contribution in [2.45, 2.75) is 43.5 Å². The van der Waals surface area contributed by atoms with Gasteiger partial charge in [-0.15, -0.1) is 0 Å². The minimum atomic E-state index is -3.63. The highest BCUT2D eigenvalue weighted by Crippen LogP contribution is 2.23. The van der Waals surface area contributed by atoms with E-state index in [0.29, 0.717) is 11.3 Å². The summed E-state index contributed by atoms with van der Waals surface area (Å²) in [7, 11) is -2.11. The predicted octanol–water partition coefficient (Wildman–Crippen LogP) is 3.49. The van der Waals surface area contributed by atoms with Crippen LogP contribution < -0.4 is 9.62 Å². The SMILES string of the molecule is Cc1ccc(S(=O)(=O)N(C)c2ccc(C(=O)NC3CCCC3)cc2)cc1. The third-order valence-corrected chi connectivity index (χ3v) is 6.66. The lowest BCUT2D eigenvalue weighted by Gasteiger charge is -2.20. The van der Waals surface area contributed by atoms with Crippen LogP contribution in [-0.2, 0) is 10.0 Å². The molecule has 1 N–H and O–H groups in total. The molecule has 1 fully saturated rings. The van der Waals surface area contributed by atoms with Crippen molar-refractivity contribution in [1.29, 1.82) is 0 Å². The van der Waals surface area contributed by atoms with E-state index in [9.17, 15) is 13.2 Å². The summed E-state index contributed by atoms with van der Waals surface area (Å²) in [6.45, 7) is 1.91. The van der Waals surface area contributed by atoms with Gasteiger partial charge < -0.3 is 5.32 Å². The van der Waals surface area contributed by atoms with Gasteiger partial charge in [0.05, 0.1) is 10.6 Å². The predicted molar refractivity (Wildman–Crippen MR) is 103 cm³/mol. The van der Waals surface area contributed by atoms with E-state index in [4.69, 9.17) is 0 Å². The minimum Gasteiger partial charge on any atom is -0.349 e. The zero-order chi connectivity index (χ0) is 18.7. The maximum Gasteiger partial charge on any atom is 0.264 e. The molecule has 1 saturated carbocycles. The maximum atomic E-state index is 12.7. The van der Waals surface area contributed by atoms with Gasteiger partial charge in [0, 0.05) is 18.7 Å². The fraction of sp³-hybridized carbons (Fsp3) is 0.350. The lowest BCUT2D eigenvalue weighted by molar-refractivity contribution is 0.0938. The number of benzene rings is 2. The third kappa shape index (κ3) is 3.90. The molecule has 0 aromatic heterocycles. The van der Waals surface area contributed by atoms with Gasteiger partial charge in [0.15, 0.2) is 0 Å². The van der Waals surface area contributed by atoms with Crippen LogP contribution in [0, 0.1) is 6.92 Å². The molecule has 2 aromatic rings. The van der Waals surface area contributed by atoms with Gasteiger partial charge in [0.2, 0.25) is 0 Å². The Balaban J connectivity index is 1.74. The van der Waals surface area contributed by atoms with Crippen molar-refractivity contribution in [2.75, 3.05) is 11.4 Å². The summed E-state index contributed by atoms with van der Waals surface area (Å²) in [5.74, 6) is -0.104. The van der Waals surface area contributed by atoms with E-state index in [0.717, 1.165) is 31.2 Å². The summed E-state index contributed by atoms with van der Waals surface area (Å²) in [5.41, 5.74) is 2.06. The second kappa shape index (κ2) is 7.50. The smallest absolute Gasteiger partial charge is 0.264 e. The summed E-state index contributed by atoms with van der Waals surface area (Å²) >= 11 is 0. The number of hydrogen-bond acceptors (Lipinski definition) is 3. The first kappa shape index (κ1) is 18.5. The molecule has 2 aromatic carbocycles. The van der Waals surface area contributed by atoms with E-state index in [1.807, 2.05) is 6.92 Å². The summed E-state index contributed by atoms with van der Waals surface area (Å²) in [6, 6.07) is 13.7. The first-order chi connectivity index (χ1) is 12.4. The second-order valence-electron chi connectivity index (χ2n) is 6.79. The molecular formula is C20H24N2O3S. The molecule has 0 aliphatic heterocycles. The Hall–Kier alpha value is -2.34. The van der Waals surface area contributed by atoms with Gasteiger partial charge in [0.25, 0.3) is 15.9 Å². The number of amides is 1. The zero-order valence-corrected chi connectivity index (χ0v) is 15.9. The Kier molecular flexibility index (Phi) is 5.32. The van der Waals surface area contributed by atoms with E-state index < -0.39 is 10.0 Å². The fourth-order valence-electron chi connectivity index (χ4n) is 3.17. The summed E-state index contributed by atoms with van der Waals surface area (Å²) < 4.78 is 26.7. The molecule has 6 heteroatoms. The van der Waals surface area contributed by atoms with Crippen molar-refractivity contribution < 1.29 is 13.2 Å². The van der Waals surface area contributed by atoms with Gasteiger partial charge in [-0.1, -0.05) is 30.5 Å². The molecule has 1 amide bonds. The van der Waals surface area contributed by atoms with Crippen LogP contribution in [0.2, 0.25) is 0 Å². The molecule has 0 atom stereocenters. The summed E-state index contributed by atoms with van der Waals surface area (Å²) in [5, 5.41) is 3.03. The van der Waals surface area contributed by atoms with Crippen LogP contribution in [0.3, 0.4) is 0 Å². The van der Waals surface area contributed by atoms with Gasteiger partial charge in [-0.2, -0.15) is 0 Å². The fourth-order valence-corrected chi connectivity index (χ4v) is 4.36. The van der Waals surface area contributed by atoms with Gasteiger partial charge in [-0.25, -0.2) is 8.42 Å².